The SMILES string of the molecule is C#CC(C)(C)Nc1ccn(C)c(=O)c1. The number of nitrogens with zero attached hydrogens (tertiary/aromatic N) is 1. The normalized spacial score (nSPS) is 10.7. The molecule has 0 aliphatic carbocycles. The lowest BCUT2D eigenvalue weighted by atomic mass is 10.1. The summed E-state index contributed by atoms with van der Waals surface area (Å²) in [5.41, 5.74) is 0.255. The summed E-state index contributed by atoms with van der Waals surface area (Å²) in [6, 6.07) is 3.35. The number of rotatable bonds is 2. The highest BCUT2D eigenvalue weighted by Gasteiger charge is 2.12. The Balaban J connectivity index is 2.96. The largest absolute Gasteiger partial charge is 0.369 e. The molecule has 1 aromatic heterocycles. The third-order valence-corrected chi connectivity index (χ3v) is 1.92. The van der Waals surface area contributed by atoms with E-state index in [9.17, 15) is 4.79 Å². The van der Waals surface area contributed by atoms with Crippen molar-refractivity contribution < 1.29 is 0 Å². The van der Waals surface area contributed by atoms with Gasteiger partial charge < -0.3 is 9.88 Å². The molecule has 0 aliphatic rings. The minimum absolute atomic E-state index is 0.0529. The fraction of sp³-hybridized carbons (Fsp3) is 0.364. The Morgan fingerprint density at radius 1 is 1.57 bits per heavy atom. The Morgan fingerprint density at radius 2 is 2.21 bits per heavy atom. The number of pyridine rings is 1. The molecule has 0 atom stereocenters. The standard InChI is InChI=1S/C11H14N2O/c1-5-11(2,3)12-9-6-7-13(4)10(14)8-9/h1,6-8,12H,2-4H3. The van der Waals surface area contributed by atoms with Crippen LogP contribution in [0.3, 0.4) is 0 Å². The van der Waals surface area contributed by atoms with Gasteiger partial charge in [-0.2, -0.15) is 0 Å². The van der Waals surface area contributed by atoms with E-state index in [2.05, 4.69) is 11.2 Å². The van der Waals surface area contributed by atoms with Crippen LogP contribution in [0.4, 0.5) is 5.69 Å². The van der Waals surface area contributed by atoms with Crippen LogP contribution in [-0.4, -0.2) is 10.1 Å². The number of aryl methyl sites for hydroxylation is 1. The van der Waals surface area contributed by atoms with Gasteiger partial charge in [0, 0.05) is 25.0 Å². The smallest absolute Gasteiger partial charge is 0.252 e. The molecule has 3 nitrogen and oxygen atoms in total. The van der Waals surface area contributed by atoms with E-state index >= 15 is 0 Å². The van der Waals surface area contributed by atoms with Gasteiger partial charge in [-0.15, -0.1) is 6.42 Å². The van der Waals surface area contributed by atoms with Gasteiger partial charge in [-0.25, -0.2) is 0 Å². The Kier molecular flexibility index (Phi) is 2.66. The first-order valence-corrected chi connectivity index (χ1v) is 4.37. The fourth-order valence-corrected chi connectivity index (χ4v) is 1.02. The van der Waals surface area contributed by atoms with Gasteiger partial charge >= 0.3 is 0 Å². The third-order valence-electron chi connectivity index (χ3n) is 1.92. The zero-order chi connectivity index (χ0) is 10.8. The molecule has 74 valence electrons. The highest BCUT2D eigenvalue weighted by atomic mass is 16.1. The molecule has 0 fully saturated rings. The predicted octanol–water partition coefficient (Wildman–Crippen LogP) is 1.21. The molecule has 0 bridgehead atoms. The van der Waals surface area contributed by atoms with Gasteiger partial charge in [-0.3, -0.25) is 4.79 Å². The van der Waals surface area contributed by atoms with Crippen LogP contribution in [0, 0.1) is 12.3 Å². The molecule has 0 aliphatic heterocycles. The van der Waals surface area contributed by atoms with Crippen molar-refractivity contribution in [2.45, 2.75) is 19.4 Å². The third kappa shape index (κ3) is 2.40. The molecule has 0 unspecified atom stereocenters. The molecule has 14 heavy (non-hydrogen) atoms. The highest BCUT2D eigenvalue weighted by Crippen LogP contribution is 2.11. The van der Waals surface area contributed by atoms with Crippen LogP contribution < -0.4 is 10.9 Å². The molecule has 1 rings (SSSR count). The lowest BCUT2D eigenvalue weighted by Gasteiger charge is -2.20. The van der Waals surface area contributed by atoms with E-state index in [4.69, 9.17) is 6.42 Å². The van der Waals surface area contributed by atoms with E-state index in [1.807, 2.05) is 19.9 Å². The lowest BCUT2D eigenvalue weighted by molar-refractivity contribution is 0.739. The van der Waals surface area contributed by atoms with Crippen molar-refractivity contribution in [3.63, 3.8) is 0 Å². The van der Waals surface area contributed by atoms with Crippen molar-refractivity contribution in [3.8, 4) is 12.3 Å². The average molecular weight is 190 g/mol. The van der Waals surface area contributed by atoms with Gasteiger partial charge in [0.1, 0.15) is 0 Å². The summed E-state index contributed by atoms with van der Waals surface area (Å²) in [6.45, 7) is 3.76. The van der Waals surface area contributed by atoms with Crippen molar-refractivity contribution in [1.82, 2.24) is 4.57 Å². The molecule has 0 spiro atoms. The maximum Gasteiger partial charge on any atom is 0.252 e. The van der Waals surface area contributed by atoms with E-state index in [1.165, 1.54) is 10.6 Å². The van der Waals surface area contributed by atoms with E-state index < -0.39 is 5.54 Å². The summed E-state index contributed by atoms with van der Waals surface area (Å²) < 4.78 is 1.51. The molecule has 0 saturated carbocycles. The van der Waals surface area contributed by atoms with E-state index in [-0.39, 0.29) is 5.56 Å². The van der Waals surface area contributed by atoms with Crippen LogP contribution in [0.1, 0.15) is 13.8 Å². The lowest BCUT2D eigenvalue weighted by Crippen LogP contribution is -2.29. The Morgan fingerprint density at radius 3 is 2.71 bits per heavy atom. The van der Waals surface area contributed by atoms with E-state index in [0.717, 1.165) is 5.69 Å². The van der Waals surface area contributed by atoms with Crippen LogP contribution in [0.15, 0.2) is 23.1 Å². The second-order valence-corrected chi connectivity index (χ2v) is 3.76. The van der Waals surface area contributed by atoms with Gasteiger partial charge in [0.15, 0.2) is 0 Å². The maximum absolute atomic E-state index is 11.3. The topological polar surface area (TPSA) is 34.0 Å². The van der Waals surface area contributed by atoms with Gasteiger partial charge in [0.05, 0.1) is 5.54 Å². The number of anilines is 1. The summed E-state index contributed by atoms with van der Waals surface area (Å²) in [5, 5.41) is 3.09. The highest BCUT2D eigenvalue weighted by molar-refractivity contribution is 5.46. The number of nitrogens with one attached hydrogen (secondary N) is 1. The van der Waals surface area contributed by atoms with E-state index in [1.54, 1.807) is 13.2 Å². The van der Waals surface area contributed by atoms with Crippen LogP contribution >= 0.6 is 0 Å². The summed E-state index contributed by atoms with van der Waals surface area (Å²) in [7, 11) is 1.71. The maximum atomic E-state index is 11.3. The number of terminal acetylenes is 1. The van der Waals surface area contributed by atoms with Crippen LogP contribution in [0.25, 0.3) is 0 Å². The first kappa shape index (κ1) is 10.4. The van der Waals surface area contributed by atoms with Gasteiger partial charge in [0.2, 0.25) is 0 Å². The molecule has 1 N–H and O–H groups in total. The first-order chi connectivity index (χ1) is 6.44. The molecule has 1 heterocycles. The summed E-state index contributed by atoms with van der Waals surface area (Å²) in [4.78, 5) is 11.3. The van der Waals surface area contributed by atoms with Crippen molar-refractivity contribution >= 4 is 5.69 Å². The van der Waals surface area contributed by atoms with Gasteiger partial charge in [-0.1, -0.05) is 5.92 Å². The van der Waals surface area contributed by atoms with Crippen molar-refractivity contribution in [1.29, 1.82) is 0 Å². The van der Waals surface area contributed by atoms with Gasteiger partial charge in [0.25, 0.3) is 5.56 Å². The molecule has 1 aromatic rings. The fourth-order valence-electron chi connectivity index (χ4n) is 1.02. The van der Waals surface area contributed by atoms with Crippen LogP contribution in [0.2, 0.25) is 0 Å². The number of hydrogen-bond acceptors (Lipinski definition) is 2. The molecular formula is C11H14N2O. The second kappa shape index (κ2) is 3.59. The molecule has 3 heteroatoms. The summed E-state index contributed by atoms with van der Waals surface area (Å²) in [6.07, 6.45) is 7.03. The zero-order valence-corrected chi connectivity index (χ0v) is 8.66. The molecule has 0 amide bonds. The van der Waals surface area contributed by atoms with Crippen LogP contribution in [-0.2, 0) is 7.05 Å². The van der Waals surface area contributed by atoms with Crippen molar-refractivity contribution in [3.05, 3.63) is 28.7 Å². The number of hydrogen-bond donors (Lipinski definition) is 1. The van der Waals surface area contributed by atoms with Crippen molar-refractivity contribution in [2.75, 3.05) is 5.32 Å². The number of aromatic nitrogens is 1. The zero-order valence-electron chi connectivity index (χ0n) is 8.66. The quantitative estimate of drug-likeness (QED) is 0.711. The molecule has 0 aromatic carbocycles. The monoisotopic (exact) mass is 190 g/mol. The summed E-state index contributed by atoms with van der Waals surface area (Å²) in [5.74, 6) is 2.60. The second-order valence-electron chi connectivity index (χ2n) is 3.76. The van der Waals surface area contributed by atoms with Crippen molar-refractivity contribution in [2.24, 2.45) is 7.05 Å². The van der Waals surface area contributed by atoms with E-state index in [0.29, 0.717) is 0 Å². The van der Waals surface area contributed by atoms with Gasteiger partial charge in [-0.05, 0) is 19.9 Å². The Bertz CT molecular complexity index is 424. The predicted molar refractivity (Wildman–Crippen MR) is 58.2 cm³/mol. The first-order valence-electron chi connectivity index (χ1n) is 4.37. The molecule has 0 radical (unpaired) electrons. The molecular weight excluding hydrogens is 176 g/mol. The summed E-state index contributed by atoms with van der Waals surface area (Å²) >= 11 is 0. The minimum Gasteiger partial charge on any atom is -0.369 e. The molecule has 0 saturated heterocycles. The van der Waals surface area contributed by atoms with Crippen LogP contribution in [0.5, 0.6) is 0 Å². The minimum atomic E-state index is -0.438. The Labute approximate surface area is 83.8 Å². The average Bonchev–Trinajstić information content (AvgIpc) is 2.11. The Hall–Kier alpha value is -1.69.